The molecule has 1 radical (unpaired) electrons. The summed E-state index contributed by atoms with van der Waals surface area (Å²) in [5.41, 5.74) is 1.13. The van der Waals surface area contributed by atoms with Gasteiger partial charge in [0.15, 0.2) is 0 Å². The number of ether oxygens (including phenoxy) is 1. The van der Waals surface area contributed by atoms with Crippen LogP contribution >= 0.6 is 0 Å². The van der Waals surface area contributed by atoms with E-state index in [0.717, 1.165) is 24.8 Å². The molecule has 1 aromatic rings. The van der Waals surface area contributed by atoms with Gasteiger partial charge in [0, 0.05) is 5.56 Å². The van der Waals surface area contributed by atoms with Gasteiger partial charge in [-0.25, -0.2) is 4.79 Å². The molecule has 0 aliphatic carbocycles. The zero-order valence-corrected chi connectivity index (χ0v) is 9.69. The Balaban J connectivity index is 2.95. The van der Waals surface area contributed by atoms with Gasteiger partial charge in [0.05, 0.1) is 12.7 Å². The van der Waals surface area contributed by atoms with Crippen LogP contribution < -0.4 is 4.74 Å². The molecule has 0 aliphatic rings. The summed E-state index contributed by atoms with van der Waals surface area (Å²) < 4.78 is 5.19. The lowest BCUT2D eigenvalue weighted by Gasteiger charge is -2.11. The van der Waals surface area contributed by atoms with Crippen molar-refractivity contribution in [2.24, 2.45) is 0 Å². The van der Waals surface area contributed by atoms with Crippen LogP contribution in [-0.2, 0) is 6.42 Å². The molecule has 0 aliphatic heterocycles. The molecule has 0 saturated carbocycles. The number of carboxylic acids is 1. The van der Waals surface area contributed by atoms with E-state index in [1.807, 2.05) is 6.92 Å². The maximum atomic E-state index is 11.1. The molecule has 3 nitrogen and oxygen atoms in total. The van der Waals surface area contributed by atoms with Crippen LogP contribution in [0.3, 0.4) is 0 Å². The highest BCUT2D eigenvalue weighted by Crippen LogP contribution is 2.24. The van der Waals surface area contributed by atoms with Crippen molar-refractivity contribution in [3.8, 4) is 5.75 Å². The third-order valence-corrected chi connectivity index (χ3v) is 2.50. The first kappa shape index (κ1) is 12.6. The average Bonchev–Trinajstić information content (AvgIpc) is 2.29. The topological polar surface area (TPSA) is 46.5 Å². The lowest BCUT2D eigenvalue weighted by atomic mass is 10.0. The predicted octanol–water partition coefficient (Wildman–Crippen LogP) is 2.94. The largest absolute Gasteiger partial charge is 0.496 e. The van der Waals surface area contributed by atoms with Gasteiger partial charge in [-0.15, -0.1) is 0 Å². The van der Waals surface area contributed by atoms with Crippen molar-refractivity contribution in [3.05, 3.63) is 35.7 Å². The van der Waals surface area contributed by atoms with Crippen LogP contribution in [0.15, 0.2) is 18.2 Å². The second-order valence-corrected chi connectivity index (χ2v) is 3.59. The van der Waals surface area contributed by atoms with E-state index in [2.05, 4.69) is 6.42 Å². The third-order valence-electron chi connectivity index (χ3n) is 2.50. The van der Waals surface area contributed by atoms with E-state index < -0.39 is 5.97 Å². The van der Waals surface area contributed by atoms with Crippen LogP contribution in [0, 0.1) is 6.42 Å². The molecule has 3 heteroatoms. The molecule has 1 aromatic carbocycles. The summed E-state index contributed by atoms with van der Waals surface area (Å²) in [6.07, 6.45) is 4.74. The third kappa shape index (κ3) is 2.99. The first-order chi connectivity index (χ1) is 7.70. The first-order valence-corrected chi connectivity index (χ1v) is 5.37. The molecule has 0 amide bonds. The standard InChI is InChI=1S/C13H17O3/c1-3-4-5-7-10-11(13(14)15)8-6-9-12(10)16-2/h3,6,8-9H,4-5,7H2,1-2H3,(H,14,15). The summed E-state index contributed by atoms with van der Waals surface area (Å²) in [4.78, 5) is 11.1. The van der Waals surface area contributed by atoms with Crippen molar-refractivity contribution in [2.75, 3.05) is 7.11 Å². The zero-order valence-electron chi connectivity index (χ0n) is 9.69. The highest BCUT2D eigenvalue weighted by Gasteiger charge is 2.13. The molecule has 0 unspecified atom stereocenters. The van der Waals surface area contributed by atoms with Crippen LogP contribution in [-0.4, -0.2) is 18.2 Å². The maximum Gasteiger partial charge on any atom is 0.336 e. The molecule has 87 valence electrons. The number of benzene rings is 1. The van der Waals surface area contributed by atoms with Crippen molar-refractivity contribution in [1.82, 2.24) is 0 Å². The number of carbonyl (C=O) groups is 1. The summed E-state index contributed by atoms with van der Waals surface area (Å²) in [5.74, 6) is -0.231. The first-order valence-electron chi connectivity index (χ1n) is 5.37. The van der Waals surface area contributed by atoms with Gasteiger partial charge >= 0.3 is 5.97 Å². The Morgan fingerprint density at radius 1 is 1.50 bits per heavy atom. The van der Waals surface area contributed by atoms with Gasteiger partial charge in [-0.2, -0.15) is 0 Å². The van der Waals surface area contributed by atoms with Gasteiger partial charge in [-0.05, 0) is 31.4 Å². The number of methoxy groups -OCH3 is 1. The van der Waals surface area contributed by atoms with Crippen LogP contribution in [0.4, 0.5) is 0 Å². The van der Waals surface area contributed by atoms with E-state index >= 15 is 0 Å². The minimum absolute atomic E-state index is 0.343. The number of aromatic carboxylic acids is 1. The molecule has 0 saturated heterocycles. The Labute approximate surface area is 96.1 Å². The molecular formula is C13H17O3. The second-order valence-electron chi connectivity index (χ2n) is 3.59. The van der Waals surface area contributed by atoms with Gasteiger partial charge in [-0.3, -0.25) is 0 Å². The van der Waals surface area contributed by atoms with E-state index in [-0.39, 0.29) is 0 Å². The van der Waals surface area contributed by atoms with Gasteiger partial charge < -0.3 is 9.84 Å². The average molecular weight is 221 g/mol. The van der Waals surface area contributed by atoms with E-state index in [9.17, 15) is 4.79 Å². The number of hydrogen-bond donors (Lipinski definition) is 1. The fourth-order valence-electron chi connectivity index (χ4n) is 1.70. The number of rotatable bonds is 6. The molecule has 0 atom stereocenters. The minimum Gasteiger partial charge on any atom is -0.496 e. The highest BCUT2D eigenvalue weighted by atomic mass is 16.5. The van der Waals surface area contributed by atoms with Crippen molar-refractivity contribution in [3.63, 3.8) is 0 Å². The van der Waals surface area contributed by atoms with E-state index in [1.165, 1.54) is 0 Å². The van der Waals surface area contributed by atoms with Crippen molar-refractivity contribution >= 4 is 5.97 Å². The number of carboxylic acid groups (broad SMARTS) is 1. The summed E-state index contributed by atoms with van der Waals surface area (Å²) >= 11 is 0. The van der Waals surface area contributed by atoms with Gasteiger partial charge in [-0.1, -0.05) is 19.4 Å². The van der Waals surface area contributed by atoms with Gasteiger partial charge in [0.1, 0.15) is 5.75 Å². The lowest BCUT2D eigenvalue weighted by molar-refractivity contribution is 0.0695. The Kier molecular flexibility index (Phi) is 4.83. The van der Waals surface area contributed by atoms with Gasteiger partial charge in [0.2, 0.25) is 0 Å². The molecule has 0 spiro atoms. The molecule has 0 aromatic heterocycles. The highest BCUT2D eigenvalue weighted by molar-refractivity contribution is 5.90. The summed E-state index contributed by atoms with van der Waals surface area (Å²) in [6, 6.07) is 5.13. The quantitative estimate of drug-likeness (QED) is 0.751. The summed E-state index contributed by atoms with van der Waals surface area (Å²) in [6.45, 7) is 2.00. The van der Waals surface area contributed by atoms with Crippen molar-refractivity contribution in [1.29, 1.82) is 0 Å². The van der Waals surface area contributed by atoms with Crippen molar-refractivity contribution < 1.29 is 14.6 Å². The van der Waals surface area contributed by atoms with Crippen LogP contribution in [0.5, 0.6) is 5.75 Å². The molecule has 0 fully saturated rings. The van der Waals surface area contributed by atoms with E-state index in [0.29, 0.717) is 11.3 Å². The van der Waals surface area contributed by atoms with E-state index in [4.69, 9.17) is 9.84 Å². The van der Waals surface area contributed by atoms with Gasteiger partial charge in [0.25, 0.3) is 0 Å². The Morgan fingerprint density at radius 2 is 2.25 bits per heavy atom. The molecule has 1 N–H and O–H groups in total. The molecule has 1 rings (SSSR count). The maximum absolute atomic E-state index is 11.1. The van der Waals surface area contributed by atoms with Crippen LogP contribution in [0.25, 0.3) is 0 Å². The Bertz CT molecular complexity index is 358. The monoisotopic (exact) mass is 221 g/mol. The zero-order chi connectivity index (χ0) is 12.0. The number of unbranched alkanes of at least 4 members (excludes halogenated alkanes) is 2. The normalized spacial score (nSPS) is 10.1. The molecular weight excluding hydrogens is 204 g/mol. The van der Waals surface area contributed by atoms with Crippen LogP contribution in [0.1, 0.15) is 35.7 Å². The fraction of sp³-hybridized carbons (Fsp3) is 0.385. The smallest absolute Gasteiger partial charge is 0.336 e. The SMILES string of the molecule is C[CH]CCCc1c(OC)cccc1C(=O)O. The minimum atomic E-state index is -0.894. The fourth-order valence-corrected chi connectivity index (χ4v) is 1.70. The Morgan fingerprint density at radius 3 is 2.81 bits per heavy atom. The number of hydrogen-bond acceptors (Lipinski definition) is 2. The second kappa shape index (κ2) is 6.16. The molecule has 0 bridgehead atoms. The molecule has 16 heavy (non-hydrogen) atoms. The summed E-state index contributed by atoms with van der Waals surface area (Å²) in [7, 11) is 1.57. The van der Waals surface area contributed by atoms with E-state index in [1.54, 1.807) is 25.3 Å². The molecule has 0 heterocycles. The lowest BCUT2D eigenvalue weighted by Crippen LogP contribution is -2.04. The Hall–Kier alpha value is -1.51. The predicted molar refractivity (Wildman–Crippen MR) is 62.9 cm³/mol. The summed E-state index contributed by atoms with van der Waals surface area (Å²) in [5, 5.41) is 9.08. The van der Waals surface area contributed by atoms with Crippen LogP contribution in [0.2, 0.25) is 0 Å². The van der Waals surface area contributed by atoms with Crippen molar-refractivity contribution in [2.45, 2.75) is 26.2 Å².